The summed E-state index contributed by atoms with van der Waals surface area (Å²) in [7, 11) is 0. The Balaban J connectivity index is 0.000000410. The summed E-state index contributed by atoms with van der Waals surface area (Å²) in [5.74, 6) is -0.972. The van der Waals surface area contributed by atoms with Crippen molar-refractivity contribution in [3.63, 3.8) is 0 Å². The van der Waals surface area contributed by atoms with Gasteiger partial charge in [-0.2, -0.15) is 0 Å². The zero-order valence-electron chi connectivity index (χ0n) is 30.7. The minimum atomic E-state index is -0.760. The molecule has 0 aliphatic heterocycles. The molecular weight excluding hydrogens is 751 g/mol. The van der Waals surface area contributed by atoms with Gasteiger partial charge in [-0.05, 0) is 71.3 Å². The summed E-state index contributed by atoms with van der Waals surface area (Å²) in [4.78, 5) is 17.5. The number of ketones is 1. The first-order valence-corrected chi connectivity index (χ1v) is 16.8. The molecule has 4 rings (SSSR count). The number of pyridine rings is 1. The van der Waals surface area contributed by atoms with Crippen LogP contribution in [0.4, 0.5) is 0 Å². The molecule has 0 aliphatic carbocycles. The smallest absolute Gasteiger partial charge is 0.162 e. The summed E-state index contributed by atoms with van der Waals surface area (Å²) in [6, 6.07) is 18.0. The summed E-state index contributed by atoms with van der Waals surface area (Å²) in [6.45, 7) is 19.9. The Bertz CT molecular complexity index is 1620. The summed E-state index contributed by atoms with van der Waals surface area (Å²) >= 11 is 1.68. The number of aliphatic hydroxyl groups is 1. The number of hydrogen-bond acceptors (Lipinski definition) is 4. The van der Waals surface area contributed by atoms with Gasteiger partial charge in [0, 0.05) is 51.8 Å². The van der Waals surface area contributed by atoms with Crippen LogP contribution in [0.2, 0.25) is 0 Å². The van der Waals surface area contributed by atoms with Crippen LogP contribution in [0.15, 0.2) is 60.5 Å². The van der Waals surface area contributed by atoms with Crippen molar-refractivity contribution in [1.29, 1.82) is 0 Å². The van der Waals surface area contributed by atoms with E-state index in [2.05, 4.69) is 44.2 Å². The number of aromatic nitrogens is 1. The minimum absolute atomic E-state index is 0. The van der Waals surface area contributed by atoms with Crippen LogP contribution in [0.3, 0.4) is 0 Å². The molecule has 0 saturated carbocycles. The second-order valence-electron chi connectivity index (χ2n) is 12.2. The maximum Gasteiger partial charge on any atom is 0.162 e. The summed E-state index contributed by atoms with van der Waals surface area (Å²) in [5.41, 5.74) is 7.15. The number of allylic oxidation sites excluding steroid dienone is 2. The molecule has 2 aromatic heterocycles. The molecule has 4 aromatic rings. The molecule has 0 unspecified atom stereocenters. The summed E-state index contributed by atoms with van der Waals surface area (Å²) in [6.07, 6.45) is 6.84. The van der Waals surface area contributed by atoms with Crippen LogP contribution in [0.25, 0.3) is 31.8 Å². The van der Waals surface area contributed by atoms with Gasteiger partial charge in [0.2, 0.25) is 0 Å². The average Bonchev–Trinajstić information content (AvgIpc) is 3.40. The quantitative estimate of drug-likeness (QED) is 0.0933. The number of benzene rings is 2. The molecule has 2 heterocycles. The number of carbonyl (C=O) groups excluding carboxylic acids is 1. The van der Waals surface area contributed by atoms with Crippen LogP contribution in [0.5, 0.6) is 0 Å². The van der Waals surface area contributed by atoms with E-state index in [4.69, 9.17) is 7.73 Å². The van der Waals surface area contributed by atoms with Gasteiger partial charge >= 0.3 is 0 Å². The standard InChI is InChI=1S/C27H28NS.C13H24O2.Ir/c1-16(2)22-8-7-9-23(17(3)4)27(22)25-14-21-13-24(28-15-26(21)29-25)20-11-18(5)10-19(6)12-20;1-5-10(6-2)12(14)9-13(15)11(7-3)8-4;/h7-11,13-17H,1-6H3;9-11,14H,5-8H2,1-4H3;/q-1;;/b;12-9-;/i16D,17D;;. The second kappa shape index (κ2) is 17.9. The molecule has 0 spiro atoms. The van der Waals surface area contributed by atoms with Gasteiger partial charge < -0.3 is 10.1 Å². The third-order valence-electron chi connectivity index (χ3n) is 8.30. The number of aryl methyl sites for hydroxylation is 2. The fourth-order valence-electron chi connectivity index (χ4n) is 5.68. The Morgan fingerprint density at radius 2 is 1.51 bits per heavy atom. The maximum atomic E-state index is 11.7. The van der Waals surface area contributed by atoms with Crippen LogP contribution >= 0.6 is 11.3 Å². The van der Waals surface area contributed by atoms with Gasteiger partial charge in [-0.25, -0.2) is 0 Å². The fourth-order valence-corrected chi connectivity index (χ4v) is 6.77. The number of thiophene rings is 1. The number of carbonyl (C=O) groups is 1. The average molecular weight is 805 g/mol. The zero-order valence-corrected chi connectivity index (χ0v) is 31.9. The van der Waals surface area contributed by atoms with Crippen molar-refractivity contribution in [2.24, 2.45) is 11.8 Å². The van der Waals surface area contributed by atoms with Crippen molar-refractivity contribution >= 4 is 27.2 Å². The Morgan fingerprint density at radius 3 is 2.02 bits per heavy atom. The molecule has 45 heavy (non-hydrogen) atoms. The van der Waals surface area contributed by atoms with E-state index >= 15 is 0 Å². The molecule has 0 amide bonds. The van der Waals surface area contributed by atoms with E-state index < -0.39 is 11.8 Å². The third-order valence-corrected chi connectivity index (χ3v) is 9.40. The molecule has 245 valence electrons. The molecule has 0 fully saturated rings. The minimum Gasteiger partial charge on any atom is -0.512 e. The van der Waals surface area contributed by atoms with E-state index in [-0.39, 0.29) is 43.5 Å². The number of hydrogen-bond donors (Lipinski definition) is 1. The van der Waals surface area contributed by atoms with Crippen LogP contribution in [0, 0.1) is 31.7 Å². The molecule has 1 radical (unpaired) electrons. The van der Waals surface area contributed by atoms with Crippen molar-refractivity contribution in [2.75, 3.05) is 0 Å². The Labute approximate surface area is 292 Å². The fraction of sp³-hybridized carbons (Fsp3) is 0.450. The predicted octanol–water partition coefficient (Wildman–Crippen LogP) is 12.2. The van der Waals surface area contributed by atoms with E-state index in [1.807, 2.05) is 79.8 Å². The van der Waals surface area contributed by atoms with Gasteiger partial charge in [-0.1, -0.05) is 93.5 Å². The van der Waals surface area contributed by atoms with E-state index in [0.29, 0.717) is 0 Å². The first kappa shape index (κ1) is 35.3. The Morgan fingerprint density at radius 1 is 0.933 bits per heavy atom. The first-order valence-electron chi connectivity index (χ1n) is 17.0. The van der Waals surface area contributed by atoms with Crippen molar-refractivity contribution in [2.45, 2.75) is 107 Å². The van der Waals surface area contributed by atoms with Crippen molar-refractivity contribution in [3.05, 3.63) is 88.8 Å². The number of rotatable bonds is 11. The topological polar surface area (TPSA) is 50.2 Å². The van der Waals surface area contributed by atoms with Gasteiger partial charge in [0.1, 0.15) is 0 Å². The van der Waals surface area contributed by atoms with Gasteiger partial charge in [-0.15, -0.1) is 46.2 Å². The third kappa shape index (κ3) is 9.95. The zero-order chi connectivity index (χ0) is 34.4. The normalized spacial score (nSPS) is 12.8. The number of nitrogens with zero attached hydrogens (tertiary/aromatic N) is 1. The monoisotopic (exact) mass is 805 g/mol. The van der Waals surface area contributed by atoms with E-state index in [9.17, 15) is 9.90 Å². The molecule has 3 nitrogen and oxygen atoms in total. The molecule has 0 atom stereocenters. The van der Waals surface area contributed by atoms with Crippen molar-refractivity contribution < 1.29 is 32.7 Å². The van der Waals surface area contributed by atoms with Crippen LogP contribution in [-0.4, -0.2) is 15.9 Å². The molecule has 0 bridgehead atoms. The van der Waals surface area contributed by atoms with E-state index in [1.165, 1.54) is 11.6 Å². The SMILES string of the molecule is CCC(CC)C(=O)/C=C(\O)C(CC)CC.[2H]C(C)(C)c1cccc(C([2H])(C)C)c1-c1cc2cc(-c3[c-]c(C)cc(C)c3)ncc2s1.[Ir]. The number of fused-ring (bicyclic) bond motifs is 1. The molecule has 2 aromatic carbocycles. The first-order chi connectivity index (χ1) is 21.5. The van der Waals surface area contributed by atoms with Gasteiger partial charge in [0.15, 0.2) is 5.78 Å². The van der Waals surface area contributed by atoms with Crippen LogP contribution in [0.1, 0.15) is 118 Å². The Kier molecular flexibility index (Phi) is 14.1. The van der Waals surface area contributed by atoms with Gasteiger partial charge in [0.25, 0.3) is 0 Å². The van der Waals surface area contributed by atoms with Crippen molar-refractivity contribution in [1.82, 2.24) is 4.98 Å². The van der Waals surface area contributed by atoms with Crippen molar-refractivity contribution in [3.8, 4) is 21.7 Å². The van der Waals surface area contributed by atoms with Gasteiger partial charge in [-0.3, -0.25) is 4.79 Å². The second-order valence-corrected chi connectivity index (χ2v) is 13.3. The van der Waals surface area contributed by atoms with Gasteiger partial charge in [0.05, 0.1) is 10.5 Å². The number of aliphatic hydroxyl groups excluding tert-OH is 1. The predicted molar refractivity (Wildman–Crippen MR) is 191 cm³/mol. The molecule has 5 heteroatoms. The summed E-state index contributed by atoms with van der Waals surface area (Å²) in [5, 5.41) is 10.9. The largest absolute Gasteiger partial charge is 0.512 e. The summed E-state index contributed by atoms with van der Waals surface area (Å²) < 4.78 is 18.5. The van der Waals surface area contributed by atoms with Crippen LogP contribution in [-0.2, 0) is 24.9 Å². The Hall–Kier alpha value is -2.59. The van der Waals surface area contributed by atoms with E-state index in [0.717, 1.165) is 74.2 Å². The molecule has 0 saturated heterocycles. The molecular formula is C40H52IrNO2S-. The molecule has 0 aliphatic rings. The van der Waals surface area contributed by atoms with Crippen LogP contribution < -0.4 is 0 Å². The molecule has 1 N–H and O–H groups in total. The van der Waals surface area contributed by atoms with E-state index in [1.54, 1.807) is 11.3 Å². The maximum absolute atomic E-state index is 11.7.